The SMILES string of the molecule is CCCc1nnc(Cl)n1Cc1noc(C)n1. The summed E-state index contributed by atoms with van der Waals surface area (Å²) in [6.07, 6.45) is 1.82. The van der Waals surface area contributed by atoms with E-state index in [0.717, 1.165) is 18.7 Å². The van der Waals surface area contributed by atoms with Gasteiger partial charge in [-0.15, -0.1) is 10.2 Å². The molecule has 2 aromatic heterocycles. The number of aryl methyl sites for hydroxylation is 2. The Morgan fingerprint density at radius 1 is 1.38 bits per heavy atom. The van der Waals surface area contributed by atoms with Gasteiger partial charge in [-0.3, -0.25) is 4.57 Å². The second kappa shape index (κ2) is 4.61. The van der Waals surface area contributed by atoms with Crippen LogP contribution in [0.1, 0.15) is 30.9 Å². The molecule has 0 bridgehead atoms. The van der Waals surface area contributed by atoms with Gasteiger partial charge in [0.1, 0.15) is 5.82 Å². The number of nitrogens with zero attached hydrogens (tertiary/aromatic N) is 5. The molecule has 0 aromatic carbocycles. The number of halogens is 1. The van der Waals surface area contributed by atoms with Crippen LogP contribution in [0.5, 0.6) is 0 Å². The van der Waals surface area contributed by atoms with Crippen molar-refractivity contribution in [2.75, 3.05) is 0 Å². The summed E-state index contributed by atoms with van der Waals surface area (Å²) in [5, 5.41) is 12.0. The Kier molecular flexibility index (Phi) is 3.19. The molecular formula is C9H12ClN5O. The molecule has 0 radical (unpaired) electrons. The third kappa shape index (κ3) is 2.21. The first-order valence-corrected chi connectivity index (χ1v) is 5.45. The van der Waals surface area contributed by atoms with E-state index in [1.54, 1.807) is 11.5 Å². The van der Waals surface area contributed by atoms with Gasteiger partial charge < -0.3 is 4.52 Å². The van der Waals surface area contributed by atoms with Crippen LogP contribution in [0.3, 0.4) is 0 Å². The van der Waals surface area contributed by atoms with Crippen molar-refractivity contribution in [1.82, 2.24) is 24.9 Å². The van der Waals surface area contributed by atoms with Crippen molar-refractivity contribution < 1.29 is 4.52 Å². The average Bonchev–Trinajstić information content (AvgIpc) is 2.79. The van der Waals surface area contributed by atoms with Crippen LogP contribution in [0.2, 0.25) is 5.28 Å². The molecule has 7 heteroatoms. The molecular weight excluding hydrogens is 230 g/mol. The van der Waals surface area contributed by atoms with Crippen molar-refractivity contribution in [1.29, 1.82) is 0 Å². The fourth-order valence-electron chi connectivity index (χ4n) is 1.43. The van der Waals surface area contributed by atoms with Crippen LogP contribution in [0, 0.1) is 6.92 Å². The second-order valence-corrected chi connectivity index (χ2v) is 3.79. The Balaban J connectivity index is 2.22. The van der Waals surface area contributed by atoms with Gasteiger partial charge in [-0.05, 0) is 18.0 Å². The zero-order chi connectivity index (χ0) is 11.5. The number of hydrogen-bond donors (Lipinski definition) is 0. The molecule has 16 heavy (non-hydrogen) atoms. The minimum absolute atomic E-state index is 0.353. The van der Waals surface area contributed by atoms with Crippen LogP contribution in [0.25, 0.3) is 0 Å². The first-order chi connectivity index (χ1) is 7.70. The van der Waals surface area contributed by atoms with E-state index in [0.29, 0.717) is 23.5 Å². The van der Waals surface area contributed by atoms with Crippen molar-refractivity contribution in [3.63, 3.8) is 0 Å². The smallest absolute Gasteiger partial charge is 0.225 e. The van der Waals surface area contributed by atoms with Gasteiger partial charge in [0.25, 0.3) is 0 Å². The van der Waals surface area contributed by atoms with Crippen LogP contribution in [-0.4, -0.2) is 24.9 Å². The Bertz CT molecular complexity index is 478. The van der Waals surface area contributed by atoms with E-state index < -0.39 is 0 Å². The van der Waals surface area contributed by atoms with Crippen molar-refractivity contribution in [2.24, 2.45) is 0 Å². The Hall–Kier alpha value is -1.43. The van der Waals surface area contributed by atoms with Gasteiger partial charge in [0.2, 0.25) is 11.2 Å². The number of rotatable bonds is 4. The largest absolute Gasteiger partial charge is 0.340 e. The summed E-state index contributed by atoms with van der Waals surface area (Å²) in [5.41, 5.74) is 0. The lowest BCUT2D eigenvalue weighted by Crippen LogP contribution is -2.06. The summed E-state index contributed by atoms with van der Waals surface area (Å²) in [6.45, 7) is 4.27. The first-order valence-electron chi connectivity index (χ1n) is 5.07. The van der Waals surface area contributed by atoms with Gasteiger partial charge in [-0.1, -0.05) is 12.1 Å². The molecule has 86 valence electrons. The standard InChI is InChI=1S/C9H12ClN5O/c1-3-4-8-12-13-9(10)15(8)5-7-11-6(2)16-14-7/h3-5H2,1-2H3. The number of aromatic nitrogens is 5. The van der Waals surface area contributed by atoms with E-state index in [4.69, 9.17) is 16.1 Å². The Labute approximate surface area is 97.6 Å². The summed E-state index contributed by atoms with van der Waals surface area (Å²) in [5.74, 6) is 1.96. The van der Waals surface area contributed by atoms with E-state index in [1.807, 2.05) is 0 Å². The summed E-state index contributed by atoms with van der Waals surface area (Å²) >= 11 is 5.94. The molecule has 6 nitrogen and oxygen atoms in total. The van der Waals surface area contributed by atoms with Crippen LogP contribution in [0.4, 0.5) is 0 Å². The fourth-order valence-corrected chi connectivity index (χ4v) is 1.62. The molecule has 0 aliphatic carbocycles. The van der Waals surface area contributed by atoms with Crippen LogP contribution < -0.4 is 0 Å². The lowest BCUT2D eigenvalue weighted by atomic mass is 10.3. The monoisotopic (exact) mass is 241 g/mol. The normalized spacial score (nSPS) is 10.9. The maximum Gasteiger partial charge on any atom is 0.225 e. The zero-order valence-corrected chi connectivity index (χ0v) is 9.90. The predicted octanol–water partition coefficient (Wildman–Crippen LogP) is 1.62. The van der Waals surface area contributed by atoms with E-state index in [-0.39, 0.29) is 0 Å². The third-order valence-electron chi connectivity index (χ3n) is 2.13. The quantitative estimate of drug-likeness (QED) is 0.814. The number of hydrogen-bond acceptors (Lipinski definition) is 5. The maximum absolute atomic E-state index is 5.94. The molecule has 0 unspecified atom stereocenters. The molecule has 0 aliphatic rings. The lowest BCUT2D eigenvalue weighted by molar-refractivity contribution is 0.386. The Morgan fingerprint density at radius 3 is 2.81 bits per heavy atom. The first kappa shape index (κ1) is 11.1. The van der Waals surface area contributed by atoms with E-state index in [1.165, 1.54) is 0 Å². The van der Waals surface area contributed by atoms with E-state index >= 15 is 0 Å². The Morgan fingerprint density at radius 2 is 2.19 bits per heavy atom. The van der Waals surface area contributed by atoms with Crippen molar-refractivity contribution in [2.45, 2.75) is 33.2 Å². The highest BCUT2D eigenvalue weighted by atomic mass is 35.5. The van der Waals surface area contributed by atoms with Gasteiger partial charge in [-0.2, -0.15) is 4.98 Å². The third-order valence-corrected chi connectivity index (χ3v) is 2.40. The highest BCUT2D eigenvalue weighted by molar-refractivity contribution is 6.28. The molecule has 0 amide bonds. The topological polar surface area (TPSA) is 69.6 Å². The van der Waals surface area contributed by atoms with Crippen LogP contribution in [0.15, 0.2) is 4.52 Å². The molecule has 2 heterocycles. The van der Waals surface area contributed by atoms with Crippen molar-refractivity contribution in [3.05, 3.63) is 22.8 Å². The minimum atomic E-state index is 0.353. The summed E-state index contributed by atoms with van der Waals surface area (Å²) in [7, 11) is 0. The summed E-state index contributed by atoms with van der Waals surface area (Å²) in [4.78, 5) is 4.12. The summed E-state index contributed by atoms with van der Waals surface area (Å²) in [6, 6.07) is 0. The van der Waals surface area contributed by atoms with Gasteiger partial charge in [0.15, 0.2) is 5.82 Å². The molecule has 0 spiro atoms. The van der Waals surface area contributed by atoms with E-state index in [9.17, 15) is 0 Å². The second-order valence-electron chi connectivity index (χ2n) is 3.45. The lowest BCUT2D eigenvalue weighted by Gasteiger charge is -2.02. The molecule has 0 saturated carbocycles. The van der Waals surface area contributed by atoms with Crippen molar-refractivity contribution in [3.8, 4) is 0 Å². The summed E-state index contributed by atoms with van der Waals surface area (Å²) < 4.78 is 6.68. The van der Waals surface area contributed by atoms with Gasteiger partial charge in [0, 0.05) is 13.3 Å². The molecule has 0 N–H and O–H groups in total. The minimum Gasteiger partial charge on any atom is -0.340 e. The highest BCUT2D eigenvalue weighted by Crippen LogP contribution is 2.11. The van der Waals surface area contributed by atoms with Crippen LogP contribution >= 0.6 is 11.6 Å². The fraction of sp³-hybridized carbons (Fsp3) is 0.556. The molecule has 0 saturated heterocycles. The highest BCUT2D eigenvalue weighted by Gasteiger charge is 2.12. The molecule has 0 aliphatic heterocycles. The molecule has 2 aromatic rings. The average molecular weight is 242 g/mol. The maximum atomic E-state index is 5.94. The molecule has 0 fully saturated rings. The van der Waals surface area contributed by atoms with Gasteiger partial charge >= 0.3 is 0 Å². The van der Waals surface area contributed by atoms with Crippen LogP contribution in [-0.2, 0) is 13.0 Å². The van der Waals surface area contributed by atoms with Gasteiger partial charge in [-0.25, -0.2) is 0 Å². The molecule has 0 atom stereocenters. The molecule has 2 rings (SSSR count). The van der Waals surface area contributed by atoms with Gasteiger partial charge in [0.05, 0.1) is 6.54 Å². The predicted molar refractivity (Wildman–Crippen MR) is 57.2 cm³/mol. The van der Waals surface area contributed by atoms with E-state index in [2.05, 4.69) is 27.3 Å². The zero-order valence-electron chi connectivity index (χ0n) is 9.14. The van der Waals surface area contributed by atoms with Crippen molar-refractivity contribution >= 4 is 11.6 Å².